The van der Waals surface area contributed by atoms with Crippen LogP contribution in [0.5, 0.6) is 0 Å². The van der Waals surface area contributed by atoms with E-state index in [2.05, 4.69) is 0 Å². The molecule has 0 aromatic carbocycles. The maximum absolute atomic E-state index is 11.4. The van der Waals surface area contributed by atoms with E-state index in [1.54, 1.807) is 0 Å². The van der Waals surface area contributed by atoms with Gasteiger partial charge in [-0.25, -0.2) is 8.42 Å². The molecule has 1 rings (SSSR count). The molecule has 0 aliphatic carbocycles. The van der Waals surface area contributed by atoms with Gasteiger partial charge in [-0.1, -0.05) is 0 Å². The van der Waals surface area contributed by atoms with E-state index in [0.717, 1.165) is 18.4 Å². The molecule has 0 bridgehead atoms. The van der Waals surface area contributed by atoms with Crippen LogP contribution in [0.2, 0.25) is 0 Å². The number of Topliss-reactive ketones (excluding diaryl/α,β-unsaturated/α-hetero) is 1. The van der Waals surface area contributed by atoms with E-state index in [1.807, 2.05) is 6.92 Å². The molecule has 0 N–H and O–H groups in total. The lowest BCUT2D eigenvalue weighted by molar-refractivity contribution is -0.113. The van der Waals surface area contributed by atoms with Crippen molar-refractivity contribution in [1.82, 2.24) is 0 Å². The summed E-state index contributed by atoms with van der Waals surface area (Å²) in [5.74, 6) is -0.137. The largest absolute Gasteiger partial charge is 0.295 e. The molecule has 16 heavy (non-hydrogen) atoms. The number of alkyl halides is 1. The maximum atomic E-state index is 11.4. The summed E-state index contributed by atoms with van der Waals surface area (Å²) < 4.78 is 22.9. The van der Waals surface area contributed by atoms with Crippen LogP contribution in [0.3, 0.4) is 0 Å². The molecular formula is C11H17ClO3S. The fourth-order valence-electron chi connectivity index (χ4n) is 1.90. The van der Waals surface area contributed by atoms with E-state index in [-0.39, 0.29) is 22.7 Å². The standard InChI is InChI=1S/C11H17ClO3S/c1-8(12)4-3-5-10-6-16(14,15)7-11(10)9(2)13/h8H,3-7H2,1-2H3. The summed E-state index contributed by atoms with van der Waals surface area (Å²) in [6.07, 6.45) is 2.35. The minimum absolute atomic E-state index is 0.0541. The lowest BCUT2D eigenvalue weighted by Crippen LogP contribution is -2.06. The Morgan fingerprint density at radius 2 is 2.06 bits per heavy atom. The first-order valence-electron chi connectivity index (χ1n) is 5.38. The van der Waals surface area contributed by atoms with Crippen LogP contribution in [0.25, 0.3) is 0 Å². The highest BCUT2D eigenvalue weighted by Crippen LogP contribution is 2.25. The van der Waals surface area contributed by atoms with E-state index in [4.69, 9.17) is 11.6 Å². The second kappa shape index (κ2) is 5.32. The molecule has 0 amide bonds. The smallest absolute Gasteiger partial charge is 0.158 e. The Morgan fingerprint density at radius 1 is 1.44 bits per heavy atom. The molecule has 0 saturated heterocycles. The summed E-state index contributed by atoms with van der Waals surface area (Å²) in [6.45, 7) is 3.34. The topological polar surface area (TPSA) is 51.2 Å². The van der Waals surface area contributed by atoms with Gasteiger partial charge in [-0.15, -0.1) is 11.6 Å². The summed E-state index contributed by atoms with van der Waals surface area (Å²) in [5.41, 5.74) is 1.30. The Kier molecular flexibility index (Phi) is 4.56. The number of carbonyl (C=O) groups is 1. The van der Waals surface area contributed by atoms with Crippen molar-refractivity contribution < 1.29 is 13.2 Å². The normalized spacial score (nSPS) is 21.2. The minimum atomic E-state index is -3.07. The summed E-state index contributed by atoms with van der Waals surface area (Å²) >= 11 is 5.82. The van der Waals surface area contributed by atoms with E-state index in [1.165, 1.54) is 6.92 Å². The number of halogens is 1. The third kappa shape index (κ3) is 3.91. The Morgan fingerprint density at radius 3 is 2.56 bits per heavy atom. The molecule has 1 atom stereocenters. The first kappa shape index (κ1) is 13.7. The first-order chi connectivity index (χ1) is 7.32. The Bertz CT molecular complexity index is 407. The van der Waals surface area contributed by atoms with Crippen LogP contribution in [-0.2, 0) is 14.6 Å². The molecule has 0 fully saturated rings. The van der Waals surface area contributed by atoms with Crippen LogP contribution in [0.4, 0.5) is 0 Å². The zero-order chi connectivity index (χ0) is 12.3. The third-order valence-corrected chi connectivity index (χ3v) is 4.43. The SMILES string of the molecule is CC(=O)C1=C(CCCC(C)Cl)CS(=O)(=O)C1. The van der Waals surface area contributed by atoms with Gasteiger partial charge in [0.05, 0.1) is 11.5 Å². The maximum Gasteiger partial charge on any atom is 0.158 e. The van der Waals surface area contributed by atoms with Crippen molar-refractivity contribution in [2.75, 3.05) is 11.5 Å². The average molecular weight is 265 g/mol. The number of sulfone groups is 1. The lowest BCUT2D eigenvalue weighted by atomic mass is 10.0. The van der Waals surface area contributed by atoms with Crippen LogP contribution < -0.4 is 0 Å². The van der Waals surface area contributed by atoms with Gasteiger partial charge in [0.15, 0.2) is 15.6 Å². The molecule has 1 heterocycles. The van der Waals surface area contributed by atoms with Crippen LogP contribution in [0.1, 0.15) is 33.1 Å². The van der Waals surface area contributed by atoms with Crippen LogP contribution in [-0.4, -0.2) is 31.1 Å². The molecule has 92 valence electrons. The van der Waals surface area contributed by atoms with E-state index in [9.17, 15) is 13.2 Å². The van der Waals surface area contributed by atoms with Gasteiger partial charge in [-0.05, 0) is 38.7 Å². The summed E-state index contributed by atoms with van der Waals surface area (Å²) in [4.78, 5) is 11.3. The van der Waals surface area contributed by atoms with E-state index >= 15 is 0 Å². The van der Waals surface area contributed by atoms with Crippen LogP contribution in [0.15, 0.2) is 11.1 Å². The van der Waals surface area contributed by atoms with Crippen molar-refractivity contribution in [2.24, 2.45) is 0 Å². The highest BCUT2D eigenvalue weighted by molar-refractivity contribution is 7.92. The number of rotatable bonds is 5. The average Bonchev–Trinajstić information content (AvgIpc) is 2.40. The van der Waals surface area contributed by atoms with Crippen LogP contribution >= 0.6 is 11.6 Å². The Hall–Kier alpha value is -0.350. The van der Waals surface area contributed by atoms with E-state index < -0.39 is 9.84 Å². The van der Waals surface area contributed by atoms with Gasteiger partial charge < -0.3 is 0 Å². The fourth-order valence-corrected chi connectivity index (χ4v) is 3.85. The molecule has 0 aromatic rings. The molecule has 1 aliphatic rings. The van der Waals surface area contributed by atoms with Crippen molar-refractivity contribution >= 4 is 27.2 Å². The molecule has 0 spiro atoms. The van der Waals surface area contributed by atoms with Gasteiger partial charge in [-0.2, -0.15) is 0 Å². The second-order valence-electron chi connectivity index (χ2n) is 4.34. The number of hydrogen-bond acceptors (Lipinski definition) is 3. The minimum Gasteiger partial charge on any atom is -0.295 e. The lowest BCUT2D eigenvalue weighted by Gasteiger charge is -2.04. The number of carbonyl (C=O) groups excluding carboxylic acids is 1. The van der Waals surface area contributed by atoms with Crippen molar-refractivity contribution in [2.45, 2.75) is 38.5 Å². The molecule has 1 unspecified atom stereocenters. The first-order valence-corrected chi connectivity index (χ1v) is 7.64. The molecule has 1 aliphatic heterocycles. The molecule has 0 saturated carbocycles. The zero-order valence-electron chi connectivity index (χ0n) is 9.62. The molecule has 0 radical (unpaired) electrons. The number of ketones is 1. The predicted molar refractivity (Wildman–Crippen MR) is 65.5 cm³/mol. The van der Waals surface area contributed by atoms with Crippen molar-refractivity contribution in [1.29, 1.82) is 0 Å². The highest BCUT2D eigenvalue weighted by atomic mass is 35.5. The fraction of sp³-hybridized carbons (Fsp3) is 0.727. The monoisotopic (exact) mass is 264 g/mol. The Balaban J connectivity index is 2.67. The predicted octanol–water partition coefficient (Wildman–Crippen LogP) is 2.10. The van der Waals surface area contributed by atoms with Gasteiger partial charge >= 0.3 is 0 Å². The molecule has 5 heteroatoms. The molecule has 3 nitrogen and oxygen atoms in total. The Labute approximate surface area is 102 Å². The highest BCUT2D eigenvalue weighted by Gasteiger charge is 2.29. The summed E-state index contributed by atoms with van der Waals surface area (Å²) in [7, 11) is -3.07. The van der Waals surface area contributed by atoms with Gasteiger partial charge in [-0.3, -0.25) is 4.79 Å². The molecular weight excluding hydrogens is 248 g/mol. The van der Waals surface area contributed by atoms with Crippen LogP contribution in [0, 0.1) is 0 Å². The molecule has 0 aromatic heterocycles. The van der Waals surface area contributed by atoms with Gasteiger partial charge in [0.1, 0.15) is 0 Å². The van der Waals surface area contributed by atoms with Crippen molar-refractivity contribution in [3.8, 4) is 0 Å². The van der Waals surface area contributed by atoms with Gasteiger partial charge in [0, 0.05) is 11.0 Å². The second-order valence-corrected chi connectivity index (χ2v) is 7.15. The third-order valence-electron chi connectivity index (χ3n) is 2.69. The van der Waals surface area contributed by atoms with Gasteiger partial charge in [0.25, 0.3) is 0 Å². The zero-order valence-corrected chi connectivity index (χ0v) is 11.2. The quantitative estimate of drug-likeness (QED) is 0.715. The van der Waals surface area contributed by atoms with Crippen molar-refractivity contribution in [3.63, 3.8) is 0 Å². The summed E-state index contributed by atoms with van der Waals surface area (Å²) in [5, 5.41) is 0.0967. The van der Waals surface area contributed by atoms with Gasteiger partial charge in [0.2, 0.25) is 0 Å². The number of hydrogen-bond donors (Lipinski definition) is 0. The van der Waals surface area contributed by atoms with Crippen molar-refractivity contribution in [3.05, 3.63) is 11.1 Å². The summed E-state index contributed by atoms with van der Waals surface area (Å²) in [6, 6.07) is 0. The van der Waals surface area contributed by atoms with E-state index in [0.29, 0.717) is 12.0 Å².